The number of pyridine rings is 1. The molecule has 0 aliphatic rings. The van der Waals surface area contributed by atoms with Crippen LogP contribution in [0.15, 0.2) is 23.1 Å². The molecular weight excluding hydrogens is 266 g/mol. The van der Waals surface area contributed by atoms with Gasteiger partial charge in [-0.05, 0) is 26.0 Å². The van der Waals surface area contributed by atoms with E-state index in [0.29, 0.717) is 11.4 Å². The van der Waals surface area contributed by atoms with E-state index in [9.17, 15) is 8.42 Å². The summed E-state index contributed by atoms with van der Waals surface area (Å²) in [5.41, 5.74) is 6.96. The van der Waals surface area contributed by atoms with Crippen molar-refractivity contribution in [2.24, 2.45) is 5.73 Å². The number of hydrogen-bond acceptors (Lipinski definition) is 5. The van der Waals surface area contributed by atoms with Gasteiger partial charge in [0.15, 0.2) is 0 Å². The maximum atomic E-state index is 12.3. The third-order valence-electron chi connectivity index (χ3n) is 2.55. The second-order valence-corrected chi connectivity index (χ2v) is 5.72. The summed E-state index contributed by atoms with van der Waals surface area (Å²) in [5, 5.41) is 6.49. The van der Waals surface area contributed by atoms with E-state index in [-0.39, 0.29) is 17.3 Å². The number of aryl methyl sites for hydroxylation is 2. The largest absolute Gasteiger partial charge is 0.325 e. The summed E-state index contributed by atoms with van der Waals surface area (Å²) in [4.78, 5) is 4.18. The van der Waals surface area contributed by atoms with Crippen molar-refractivity contribution in [3.8, 4) is 0 Å². The van der Waals surface area contributed by atoms with Gasteiger partial charge >= 0.3 is 0 Å². The molecule has 0 atom stereocenters. The van der Waals surface area contributed by atoms with Gasteiger partial charge in [0.1, 0.15) is 10.7 Å². The minimum Gasteiger partial charge on any atom is -0.325 e. The van der Waals surface area contributed by atoms with Crippen LogP contribution in [0.5, 0.6) is 0 Å². The highest BCUT2D eigenvalue weighted by Crippen LogP contribution is 2.20. The summed E-state index contributed by atoms with van der Waals surface area (Å²) in [7, 11) is -3.75. The summed E-state index contributed by atoms with van der Waals surface area (Å²) < 4.78 is 27.0. The molecule has 0 spiro atoms. The highest BCUT2D eigenvalue weighted by Gasteiger charge is 2.24. The second-order valence-electron chi connectivity index (χ2n) is 4.10. The molecule has 2 heterocycles. The molecule has 4 N–H and O–H groups in total. The summed E-state index contributed by atoms with van der Waals surface area (Å²) in [6, 6.07) is 5.10. The van der Waals surface area contributed by atoms with Crippen molar-refractivity contribution in [3.05, 3.63) is 35.3 Å². The molecule has 102 valence electrons. The van der Waals surface area contributed by atoms with Gasteiger partial charge in [-0.3, -0.25) is 9.82 Å². The van der Waals surface area contributed by atoms with Crippen LogP contribution in [-0.4, -0.2) is 23.6 Å². The standard InChI is InChI=1S/C11H15N5O2S/c1-7-4-3-5-10(13-7)16-19(17,18)11-8(2)14-15-9(11)6-12/h3-5H,6,12H2,1-2H3,(H,13,16)(H,14,15). The number of H-pyrrole nitrogens is 1. The number of nitrogens with two attached hydrogens (primary N) is 1. The van der Waals surface area contributed by atoms with Crippen molar-refractivity contribution in [2.75, 3.05) is 4.72 Å². The van der Waals surface area contributed by atoms with Gasteiger partial charge in [0.25, 0.3) is 10.0 Å². The van der Waals surface area contributed by atoms with Gasteiger partial charge in [-0.25, -0.2) is 13.4 Å². The smallest absolute Gasteiger partial charge is 0.266 e. The number of rotatable bonds is 4. The van der Waals surface area contributed by atoms with Crippen LogP contribution in [0.25, 0.3) is 0 Å². The number of sulfonamides is 1. The molecule has 0 saturated heterocycles. The maximum Gasteiger partial charge on any atom is 0.266 e. The minimum atomic E-state index is -3.75. The monoisotopic (exact) mass is 281 g/mol. The number of aromatic nitrogens is 3. The summed E-state index contributed by atoms with van der Waals surface area (Å²) in [6.45, 7) is 3.46. The van der Waals surface area contributed by atoms with E-state index < -0.39 is 10.0 Å². The molecule has 0 unspecified atom stereocenters. The zero-order chi connectivity index (χ0) is 14.0. The minimum absolute atomic E-state index is 0.0435. The van der Waals surface area contributed by atoms with Crippen molar-refractivity contribution < 1.29 is 8.42 Å². The van der Waals surface area contributed by atoms with Gasteiger partial charge in [-0.1, -0.05) is 6.07 Å². The molecule has 2 rings (SSSR count). The van der Waals surface area contributed by atoms with E-state index in [2.05, 4.69) is 19.9 Å². The predicted octanol–water partition coefficient (Wildman–Crippen LogP) is 0.681. The quantitative estimate of drug-likeness (QED) is 0.762. The van der Waals surface area contributed by atoms with E-state index in [1.807, 2.05) is 0 Å². The first kappa shape index (κ1) is 13.5. The van der Waals surface area contributed by atoms with Crippen LogP contribution in [0.4, 0.5) is 5.82 Å². The Balaban J connectivity index is 2.40. The maximum absolute atomic E-state index is 12.3. The number of aromatic amines is 1. The lowest BCUT2D eigenvalue weighted by Gasteiger charge is -2.08. The van der Waals surface area contributed by atoms with E-state index in [1.165, 1.54) is 0 Å². The zero-order valence-corrected chi connectivity index (χ0v) is 11.5. The molecule has 8 heteroatoms. The van der Waals surface area contributed by atoms with Crippen LogP contribution in [-0.2, 0) is 16.6 Å². The Morgan fingerprint density at radius 1 is 1.37 bits per heavy atom. The molecule has 0 aliphatic heterocycles. The summed E-state index contributed by atoms with van der Waals surface area (Å²) >= 11 is 0. The second kappa shape index (κ2) is 4.98. The van der Waals surface area contributed by atoms with Crippen molar-refractivity contribution in [3.63, 3.8) is 0 Å². The first-order valence-electron chi connectivity index (χ1n) is 5.64. The number of anilines is 1. The van der Waals surface area contributed by atoms with Crippen LogP contribution in [0, 0.1) is 13.8 Å². The fourth-order valence-electron chi connectivity index (χ4n) is 1.75. The highest BCUT2D eigenvalue weighted by atomic mass is 32.2. The number of nitrogens with one attached hydrogen (secondary N) is 2. The molecule has 0 fully saturated rings. The molecule has 0 saturated carbocycles. The van der Waals surface area contributed by atoms with Crippen LogP contribution in [0.1, 0.15) is 17.1 Å². The lowest BCUT2D eigenvalue weighted by Crippen LogP contribution is -2.17. The van der Waals surface area contributed by atoms with Gasteiger partial charge in [-0.15, -0.1) is 0 Å². The van der Waals surface area contributed by atoms with E-state index >= 15 is 0 Å². The average Bonchev–Trinajstić information content (AvgIpc) is 2.70. The Bertz CT molecular complexity index is 693. The topological polar surface area (TPSA) is 114 Å². The highest BCUT2D eigenvalue weighted by molar-refractivity contribution is 7.92. The van der Waals surface area contributed by atoms with Crippen molar-refractivity contribution >= 4 is 15.8 Å². The van der Waals surface area contributed by atoms with Gasteiger partial charge in [0.2, 0.25) is 0 Å². The van der Waals surface area contributed by atoms with Crippen molar-refractivity contribution in [2.45, 2.75) is 25.3 Å². The van der Waals surface area contributed by atoms with Gasteiger partial charge in [0.05, 0.1) is 11.4 Å². The first-order valence-corrected chi connectivity index (χ1v) is 7.12. The summed E-state index contributed by atoms with van der Waals surface area (Å²) in [6.07, 6.45) is 0. The molecular formula is C11H15N5O2S. The number of nitrogens with zero attached hydrogens (tertiary/aromatic N) is 2. The third-order valence-corrected chi connectivity index (χ3v) is 4.11. The van der Waals surface area contributed by atoms with Gasteiger partial charge in [0, 0.05) is 12.2 Å². The molecule has 0 amide bonds. The van der Waals surface area contributed by atoms with Crippen molar-refractivity contribution in [1.29, 1.82) is 0 Å². The Morgan fingerprint density at radius 2 is 2.11 bits per heavy atom. The van der Waals surface area contributed by atoms with Crippen molar-refractivity contribution in [1.82, 2.24) is 15.2 Å². The Hall–Kier alpha value is -1.93. The molecule has 7 nitrogen and oxygen atoms in total. The molecule has 0 aromatic carbocycles. The Kier molecular flexibility index (Phi) is 3.54. The molecule has 0 radical (unpaired) electrons. The Labute approximate surface area is 111 Å². The molecule has 19 heavy (non-hydrogen) atoms. The van der Waals surface area contributed by atoms with Gasteiger partial charge < -0.3 is 5.73 Å². The number of hydrogen-bond donors (Lipinski definition) is 3. The fraction of sp³-hybridized carbons (Fsp3) is 0.273. The predicted molar refractivity (Wildman–Crippen MR) is 71.0 cm³/mol. The SMILES string of the molecule is Cc1cccc(NS(=O)(=O)c2c(CN)n[nH]c2C)n1. The van der Waals surface area contributed by atoms with E-state index in [1.54, 1.807) is 32.0 Å². The van der Waals surface area contributed by atoms with E-state index in [0.717, 1.165) is 5.69 Å². The van der Waals surface area contributed by atoms with Gasteiger partial charge in [-0.2, -0.15) is 5.10 Å². The summed E-state index contributed by atoms with van der Waals surface area (Å²) in [5.74, 6) is 0.267. The Morgan fingerprint density at radius 3 is 2.74 bits per heavy atom. The van der Waals surface area contributed by atoms with Crippen LogP contribution in [0.3, 0.4) is 0 Å². The molecule has 0 bridgehead atoms. The van der Waals surface area contributed by atoms with Crippen LogP contribution < -0.4 is 10.5 Å². The molecule has 0 aliphatic carbocycles. The lowest BCUT2D eigenvalue weighted by molar-refractivity contribution is 0.599. The fourth-order valence-corrected chi connectivity index (χ4v) is 3.13. The van der Waals surface area contributed by atoms with Crippen LogP contribution >= 0.6 is 0 Å². The lowest BCUT2D eigenvalue weighted by atomic mass is 10.4. The molecule has 2 aromatic rings. The zero-order valence-electron chi connectivity index (χ0n) is 10.6. The first-order chi connectivity index (χ1) is 8.94. The van der Waals surface area contributed by atoms with E-state index in [4.69, 9.17) is 5.73 Å². The third kappa shape index (κ3) is 2.74. The molecule has 2 aromatic heterocycles. The average molecular weight is 281 g/mol. The van der Waals surface area contributed by atoms with Crippen LogP contribution in [0.2, 0.25) is 0 Å². The normalized spacial score (nSPS) is 11.5.